The first kappa shape index (κ1) is 27.2. The molecule has 12 heteroatoms. The molecule has 1 fully saturated rings. The van der Waals surface area contributed by atoms with E-state index in [0.29, 0.717) is 21.5 Å². The number of pyridine rings is 1. The van der Waals surface area contributed by atoms with Crippen molar-refractivity contribution < 1.29 is 14.3 Å². The predicted molar refractivity (Wildman–Crippen MR) is 150 cm³/mol. The van der Waals surface area contributed by atoms with E-state index >= 15 is 0 Å². The summed E-state index contributed by atoms with van der Waals surface area (Å²) in [4.78, 5) is 37.6. The van der Waals surface area contributed by atoms with Gasteiger partial charge in [0.15, 0.2) is 0 Å². The number of carbonyl (C=O) groups excluding carboxylic acids is 2. The van der Waals surface area contributed by atoms with Gasteiger partial charge in [0.25, 0.3) is 11.8 Å². The van der Waals surface area contributed by atoms with Crippen LogP contribution in [0.2, 0.25) is 15.1 Å². The Morgan fingerprint density at radius 2 is 1.97 bits per heavy atom. The third-order valence-corrected chi connectivity index (χ3v) is 7.65. The standard InChI is InChI=1S/C25H24Cl3N5O3S/c1-3-29-20-5-4-8-33(20)12-14-13-37-23(21(14)28)25(35)32-22-17(9-16(27)10-18(22)36-2)24(34)31-19-7-6-15(26)11-30-19/h6-7,9-11,13H,3-5,8,12H2,1-2H3,(H,32,35)(H,30,31,34). The number of aliphatic imine (C=N–C) groups is 1. The third-order valence-electron chi connectivity index (χ3n) is 5.64. The first-order valence-electron chi connectivity index (χ1n) is 11.5. The zero-order chi connectivity index (χ0) is 26.5. The number of anilines is 2. The van der Waals surface area contributed by atoms with Crippen LogP contribution in [0.4, 0.5) is 11.5 Å². The normalized spacial score (nSPS) is 14.2. The van der Waals surface area contributed by atoms with Gasteiger partial charge in [0.05, 0.1) is 34.2 Å². The molecule has 194 valence electrons. The van der Waals surface area contributed by atoms with Crippen LogP contribution in [0.15, 0.2) is 40.8 Å². The Labute approximate surface area is 233 Å². The molecule has 8 nitrogen and oxygen atoms in total. The van der Waals surface area contributed by atoms with Crippen LogP contribution in [0.5, 0.6) is 5.75 Å². The van der Waals surface area contributed by atoms with Gasteiger partial charge in [-0.15, -0.1) is 11.3 Å². The number of nitrogens with one attached hydrogen (secondary N) is 2. The first-order chi connectivity index (χ1) is 17.8. The van der Waals surface area contributed by atoms with E-state index < -0.39 is 11.8 Å². The largest absolute Gasteiger partial charge is 0.494 e. The van der Waals surface area contributed by atoms with E-state index in [0.717, 1.165) is 37.3 Å². The Kier molecular flexibility index (Phi) is 8.91. The van der Waals surface area contributed by atoms with Crippen molar-refractivity contribution in [2.24, 2.45) is 4.99 Å². The summed E-state index contributed by atoms with van der Waals surface area (Å²) < 4.78 is 5.42. The van der Waals surface area contributed by atoms with Crippen LogP contribution in [0.3, 0.4) is 0 Å². The molecule has 0 radical (unpaired) electrons. The molecule has 0 unspecified atom stereocenters. The molecule has 4 rings (SSSR count). The predicted octanol–water partition coefficient (Wildman–Crippen LogP) is 6.63. The number of hydrogen-bond acceptors (Lipinski definition) is 6. The molecule has 1 aliphatic rings. The summed E-state index contributed by atoms with van der Waals surface area (Å²) in [5, 5.41) is 8.40. The lowest BCUT2D eigenvalue weighted by Crippen LogP contribution is -2.24. The molecule has 2 N–H and O–H groups in total. The van der Waals surface area contributed by atoms with Gasteiger partial charge in [0.2, 0.25) is 0 Å². The van der Waals surface area contributed by atoms with E-state index in [-0.39, 0.29) is 27.8 Å². The van der Waals surface area contributed by atoms with Crippen LogP contribution in [0.25, 0.3) is 0 Å². The van der Waals surface area contributed by atoms with Crippen molar-refractivity contribution in [2.75, 3.05) is 30.8 Å². The molecular weight excluding hydrogens is 557 g/mol. The van der Waals surface area contributed by atoms with Gasteiger partial charge in [0.1, 0.15) is 16.4 Å². The van der Waals surface area contributed by atoms with Crippen molar-refractivity contribution in [3.8, 4) is 5.75 Å². The van der Waals surface area contributed by atoms with E-state index in [2.05, 4.69) is 25.5 Å². The minimum absolute atomic E-state index is 0.0971. The average molecular weight is 581 g/mol. The number of amidine groups is 1. The fourth-order valence-corrected chi connectivity index (χ4v) is 5.51. The van der Waals surface area contributed by atoms with Crippen molar-refractivity contribution in [1.29, 1.82) is 0 Å². The van der Waals surface area contributed by atoms with Crippen molar-refractivity contribution in [3.05, 3.63) is 66.9 Å². The summed E-state index contributed by atoms with van der Waals surface area (Å²) in [6.07, 6.45) is 3.39. The second kappa shape index (κ2) is 12.1. The van der Waals surface area contributed by atoms with Crippen LogP contribution in [0.1, 0.15) is 45.4 Å². The third kappa shape index (κ3) is 6.35. The molecular formula is C25H24Cl3N5O3S. The lowest BCUT2D eigenvalue weighted by atomic mass is 10.1. The first-order valence-corrected chi connectivity index (χ1v) is 13.5. The summed E-state index contributed by atoms with van der Waals surface area (Å²) in [5.41, 5.74) is 1.10. The summed E-state index contributed by atoms with van der Waals surface area (Å²) in [5.74, 6) is 0.558. The van der Waals surface area contributed by atoms with Gasteiger partial charge >= 0.3 is 0 Å². The zero-order valence-corrected chi connectivity index (χ0v) is 23.2. The van der Waals surface area contributed by atoms with E-state index in [4.69, 9.17) is 39.5 Å². The van der Waals surface area contributed by atoms with Crippen LogP contribution in [-0.4, -0.2) is 47.7 Å². The lowest BCUT2D eigenvalue weighted by molar-refractivity contribution is 0.102. The Balaban J connectivity index is 1.58. The van der Waals surface area contributed by atoms with Crippen LogP contribution < -0.4 is 15.4 Å². The average Bonchev–Trinajstić information content (AvgIpc) is 3.47. The number of amides is 2. The molecule has 3 heterocycles. The Morgan fingerprint density at radius 3 is 2.68 bits per heavy atom. The second-order valence-corrected chi connectivity index (χ2v) is 10.3. The highest BCUT2D eigenvalue weighted by Crippen LogP contribution is 2.36. The van der Waals surface area contributed by atoms with Crippen LogP contribution >= 0.6 is 46.1 Å². The molecule has 3 aromatic rings. The van der Waals surface area contributed by atoms with Gasteiger partial charge in [0, 0.05) is 48.9 Å². The molecule has 1 saturated heterocycles. The molecule has 2 amide bonds. The van der Waals surface area contributed by atoms with Crippen LogP contribution in [0, 0.1) is 0 Å². The maximum Gasteiger partial charge on any atom is 0.267 e. The van der Waals surface area contributed by atoms with Gasteiger partial charge in [-0.05, 0) is 36.9 Å². The number of hydrogen-bond donors (Lipinski definition) is 2. The van der Waals surface area contributed by atoms with Crippen molar-refractivity contribution in [3.63, 3.8) is 0 Å². The highest BCUT2D eigenvalue weighted by molar-refractivity contribution is 7.13. The topological polar surface area (TPSA) is 95.9 Å². The number of thiophene rings is 1. The molecule has 2 aromatic heterocycles. The smallest absolute Gasteiger partial charge is 0.267 e. The van der Waals surface area contributed by atoms with Crippen LogP contribution in [-0.2, 0) is 6.54 Å². The number of likely N-dealkylation sites (tertiary alicyclic amines) is 1. The highest BCUT2D eigenvalue weighted by atomic mass is 35.5. The van der Waals surface area contributed by atoms with Gasteiger partial charge in [-0.1, -0.05) is 34.8 Å². The van der Waals surface area contributed by atoms with Crippen molar-refractivity contribution in [2.45, 2.75) is 26.3 Å². The Bertz CT molecular complexity index is 1340. The number of aromatic nitrogens is 1. The maximum atomic E-state index is 13.3. The molecule has 0 bridgehead atoms. The summed E-state index contributed by atoms with van der Waals surface area (Å²) in [6.45, 7) is 4.21. The van der Waals surface area contributed by atoms with Gasteiger partial charge in [-0.2, -0.15) is 0 Å². The monoisotopic (exact) mass is 579 g/mol. The van der Waals surface area contributed by atoms with Crippen molar-refractivity contribution >= 4 is 75.3 Å². The number of nitrogens with zero attached hydrogens (tertiary/aromatic N) is 3. The zero-order valence-electron chi connectivity index (χ0n) is 20.1. The Morgan fingerprint density at radius 1 is 1.16 bits per heavy atom. The van der Waals surface area contributed by atoms with Gasteiger partial charge in [-0.3, -0.25) is 14.6 Å². The molecule has 37 heavy (non-hydrogen) atoms. The molecule has 1 aliphatic heterocycles. The minimum Gasteiger partial charge on any atom is -0.494 e. The SMILES string of the molecule is CCN=C1CCCN1Cc1csc(C(=O)Nc2c(OC)cc(Cl)cc2C(=O)Nc2ccc(Cl)cn2)c1Cl. The maximum absolute atomic E-state index is 13.3. The molecule has 0 aliphatic carbocycles. The van der Waals surface area contributed by atoms with E-state index in [9.17, 15) is 9.59 Å². The summed E-state index contributed by atoms with van der Waals surface area (Å²) in [6, 6.07) is 6.11. The number of methoxy groups -OCH3 is 1. The lowest BCUT2D eigenvalue weighted by Gasteiger charge is -2.18. The molecule has 1 aromatic carbocycles. The number of halogens is 3. The fraction of sp³-hybridized carbons (Fsp3) is 0.280. The van der Waals surface area contributed by atoms with Crippen molar-refractivity contribution in [1.82, 2.24) is 9.88 Å². The summed E-state index contributed by atoms with van der Waals surface area (Å²) >= 11 is 20.0. The number of benzene rings is 1. The van der Waals surface area contributed by atoms with Gasteiger partial charge < -0.3 is 20.3 Å². The molecule has 0 atom stereocenters. The van der Waals surface area contributed by atoms with E-state index in [1.54, 1.807) is 12.1 Å². The van der Waals surface area contributed by atoms with E-state index in [1.165, 1.54) is 36.8 Å². The summed E-state index contributed by atoms with van der Waals surface area (Å²) in [7, 11) is 1.42. The second-order valence-electron chi connectivity index (χ2n) is 8.12. The fourth-order valence-electron chi connectivity index (χ4n) is 3.95. The van der Waals surface area contributed by atoms with Gasteiger partial charge in [-0.25, -0.2) is 4.98 Å². The minimum atomic E-state index is -0.541. The van der Waals surface area contributed by atoms with E-state index in [1.807, 2.05) is 12.3 Å². The number of ether oxygens (including phenoxy) is 1. The quantitative estimate of drug-likeness (QED) is 0.312. The number of rotatable bonds is 8. The number of carbonyl (C=O) groups is 2. The molecule has 0 spiro atoms. The Hall–Kier alpha value is -2.85. The molecule has 0 saturated carbocycles. The highest BCUT2D eigenvalue weighted by Gasteiger charge is 2.25.